The Hall–Kier alpha value is -2.73. The number of hydrogen-bond acceptors (Lipinski definition) is 7. The van der Waals surface area contributed by atoms with Gasteiger partial charge in [-0.25, -0.2) is 0 Å². The van der Waals surface area contributed by atoms with Crippen molar-refractivity contribution in [3.8, 4) is 0 Å². The Morgan fingerprint density at radius 1 is 1.03 bits per heavy atom. The van der Waals surface area contributed by atoms with E-state index in [2.05, 4.69) is 21.3 Å². The summed E-state index contributed by atoms with van der Waals surface area (Å²) >= 11 is 0. The first-order valence-electron chi connectivity index (χ1n) is 11.4. The third kappa shape index (κ3) is 6.20. The molecule has 12 heteroatoms. The van der Waals surface area contributed by atoms with Crippen molar-refractivity contribution in [1.29, 1.82) is 0 Å². The van der Waals surface area contributed by atoms with Gasteiger partial charge in [0, 0.05) is 6.54 Å². The number of carbonyl (C=O) groups is 5. The number of amides is 5. The summed E-state index contributed by atoms with van der Waals surface area (Å²) in [5.41, 5.74) is 4.36. The van der Waals surface area contributed by atoms with Gasteiger partial charge >= 0.3 is 0 Å². The van der Waals surface area contributed by atoms with E-state index in [1.54, 1.807) is 20.8 Å². The van der Waals surface area contributed by atoms with Gasteiger partial charge in [-0.2, -0.15) is 0 Å². The minimum atomic E-state index is -1.32. The summed E-state index contributed by atoms with van der Waals surface area (Å²) < 4.78 is 0. The summed E-state index contributed by atoms with van der Waals surface area (Å²) in [6.45, 7) is 4.80. The van der Waals surface area contributed by atoms with E-state index < -0.39 is 59.8 Å². The minimum Gasteiger partial charge on any atom is -0.394 e. The molecule has 0 aromatic rings. The van der Waals surface area contributed by atoms with Crippen LogP contribution in [0.1, 0.15) is 46.5 Å². The smallest absolute Gasteiger partial charge is 0.246 e. The van der Waals surface area contributed by atoms with Crippen LogP contribution in [0.3, 0.4) is 0 Å². The lowest BCUT2D eigenvalue weighted by atomic mass is 9.84. The van der Waals surface area contributed by atoms with Crippen LogP contribution in [0.4, 0.5) is 0 Å². The van der Waals surface area contributed by atoms with Gasteiger partial charge in [-0.1, -0.05) is 13.8 Å². The molecule has 2 rings (SSSR count). The molecule has 12 nitrogen and oxygen atoms in total. The molecule has 2 fully saturated rings. The quantitative estimate of drug-likeness (QED) is 0.230. The molecule has 7 N–H and O–H groups in total. The molecular formula is C21H36N6O6. The number of nitrogens with two attached hydrogens (primary N) is 1. The molecule has 2 aliphatic heterocycles. The number of fused-ring (bicyclic) bond motifs is 1. The topological polar surface area (TPSA) is 183 Å². The van der Waals surface area contributed by atoms with Gasteiger partial charge in [0.05, 0.1) is 13.2 Å². The van der Waals surface area contributed by atoms with Crippen molar-refractivity contribution in [2.75, 3.05) is 26.2 Å². The molecule has 0 radical (unpaired) electrons. The summed E-state index contributed by atoms with van der Waals surface area (Å²) in [6.07, 6.45) is 1.86. The summed E-state index contributed by atoms with van der Waals surface area (Å²) in [5, 5.41) is 19.9. The van der Waals surface area contributed by atoms with Crippen molar-refractivity contribution in [2.24, 2.45) is 11.7 Å². The number of nitrogens with zero attached hydrogens (tertiary/aromatic N) is 1. The molecule has 186 valence electrons. The number of aliphatic hydroxyl groups is 1. The lowest BCUT2D eigenvalue weighted by molar-refractivity contribution is -0.158. The van der Waals surface area contributed by atoms with Crippen LogP contribution in [0.2, 0.25) is 0 Å². The van der Waals surface area contributed by atoms with Gasteiger partial charge in [0.1, 0.15) is 23.7 Å². The van der Waals surface area contributed by atoms with E-state index in [1.807, 2.05) is 0 Å². The first-order valence-corrected chi connectivity index (χ1v) is 11.4. The molecule has 0 saturated carbocycles. The molecule has 0 bridgehead atoms. The van der Waals surface area contributed by atoms with E-state index in [9.17, 15) is 29.1 Å². The van der Waals surface area contributed by atoms with E-state index in [0.717, 1.165) is 0 Å². The van der Waals surface area contributed by atoms with Crippen molar-refractivity contribution < 1.29 is 29.1 Å². The molecule has 2 heterocycles. The van der Waals surface area contributed by atoms with E-state index in [4.69, 9.17) is 5.73 Å². The maximum atomic E-state index is 13.0. The highest BCUT2D eigenvalue weighted by Gasteiger charge is 2.50. The monoisotopic (exact) mass is 468 g/mol. The van der Waals surface area contributed by atoms with E-state index in [0.29, 0.717) is 32.4 Å². The van der Waals surface area contributed by atoms with Crippen LogP contribution in [0, 0.1) is 5.92 Å². The van der Waals surface area contributed by atoms with Crippen molar-refractivity contribution in [1.82, 2.24) is 26.2 Å². The number of aliphatic hydroxyl groups excluding tert-OH is 1. The highest BCUT2D eigenvalue weighted by atomic mass is 16.3. The summed E-state index contributed by atoms with van der Waals surface area (Å²) in [6, 6.07) is -3.28. The van der Waals surface area contributed by atoms with Crippen molar-refractivity contribution in [3.63, 3.8) is 0 Å². The summed E-state index contributed by atoms with van der Waals surface area (Å²) in [5.74, 6) is -3.22. The molecule has 0 aromatic carbocycles. The second kappa shape index (κ2) is 11.4. The Kier molecular flexibility index (Phi) is 9.17. The van der Waals surface area contributed by atoms with Crippen molar-refractivity contribution >= 4 is 29.5 Å². The molecule has 5 amide bonds. The predicted molar refractivity (Wildman–Crippen MR) is 118 cm³/mol. The normalized spacial score (nSPS) is 29.7. The molecule has 0 spiro atoms. The lowest BCUT2D eigenvalue weighted by Crippen LogP contribution is -2.70. The number of nitrogens with one attached hydrogen (secondary N) is 4. The Labute approximate surface area is 193 Å². The zero-order valence-electron chi connectivity index (χ0n) is 19.5. The Morgan fingerprint density at radius 2 is 1.70 bits per heavy atom. The van der Waals surface area contributed by atoms with Gasteiger partial charge in [0.2, 0.25) is 29.5 Å². The largest absolute Gasteiger partial charge is 0.394 e. The first kappa shape index (κ1) is 26.5. The number of carbonyl (C=O) groups excluding carboxylic acids is 5. The summed E-state index contributed by atoms with van der Waals surface area (Å²) in [7, 11) is 0. The number of hydrogen-bond donors (Lipinski definition) is 6. The zero-order chi connectivity index (χ0) is 24.8. The molecule has 0 aliphatic carbocycles. The average molecular weight is 469 g/mol. The van der Waals surface area contributed by atoms with Crippen molar-refractivity contribution in [2.45, 2.75) is 70.1 Å². The van der Waals surface area contributed by atoms with E-state index in [-0.39, 0.29) is 18.9 Å². The van der Waals surface area contributed by atoms with Gasteiger partial charge < -0.3 is 37.0 Å². The third-order valence-electron chi connectivity index (χ3n) is 6.25. The van der Waals surface area contributed by atoms with E-state index in [1.165, 1.54) is 4.90 Å². The Morgan fingerprint density at radius 3 is 2.24 bits per heavy atom. The van der Waals surface area contributed by atoms with Crippen LogP contribution in [-0.4, -0.2) is 89.4 Å². The second-order valence-corrected chi connectivity index (χ2v) is 9.07. The summed E-state index contributed by atoms with van der Waals surface area (Å²) in [4.78, 5) is 65.5. The molecule has 33 heavy (non-hydrogen) atoms. The van der Waals surface area contributed by atoms with Gasteiger partial charge in [-0.05, 0) is 45.1 Å². The second-order valence-electron chi connectivity index (χ2n) is 9.07. The van der Waals surface area contributed by atoms with Crippen LogP contribution in [0.5, 0.6) is 0 Å². The average Bonchev–Trinajstić information content (AvgIpc) is 2.76. The Bertz CT molecular complexity index is 774. The molecule has 1 unspecified atom stereocenters. The van der Waals surface area contributed by atoms with Crippen LogP contribution in [-0.2, 0) is 24.0 Å². The van der Waals surface area contributed by atoms with Crippen LogP contribution < -0.4 is 27.0 Å². The standard InChI is InChI=1S/C21H36N6O6/c1-12(2)16-19(32)25-14(11-28)18(31)24-13(6-4-5-8-22)17(30)23-10-15(29)27-9-7-21(27,3)20(33)26-16/h12-14,16,28H,4-11,22H2,1-3H3,(H,23,30)(H,24,31)(H,25,32)(H,26,33)/t13-,14-,16-,21?/m0/s1. The van der Waals surface area contributed by atoms with E-state index >= 15 is 0 Å². The minimum absolute atomic E-state index is 0.269. The first-order chi connectivity index (χ1) is 15.5. The van der Waals surface area contributed by atoms with Gasteiger partial charge in [0.15, 0.2) is 0 Å². The molecule has 2 aliphatic rings. The third-order valence-corrected chi connectivity index (χ3v) is 6.25. The molecular weight excluding hydrogens is 432 g/mol. The van der Waals surface area contributed by atoms with Crippen LogP contribution >= 0.6 is 0 Å². The van der Waals surface area contributed by atoms with Crippen molar-refractivity contribution in [3.05, 3.63) is 0 Å². The Balaban J connectivity index is 2.34. The maximum Gasteiger partial charge on any atom is 0.246 e. The van der Waals surface area contributed by atoms with Gasteiger partial charge in [-0.15, -0.1) is 0 Å². The fraction of sp³-hybridized carbons (Fsp3) is 0.762. The van der Waals surface area contributed by atoms with Gasteiger partial charge in [0.25, 0.3) is 0 Å². The fourth-order valence-electron chi connectivity index (χ4n) is 3.90. The fourth-order valence-corrected chi connectivity index (χ4v) is 3.90. The molecule has 2 saturated heterocycles. The highest BCUT2D eigenvalue weighted by Crippen LogP contribution is 2.31. The van der Waals surface area contributed by atoms with Gasteiger partial charge in [-0.3, -0.25) is 24.0 Å². The number of rotatable bonds is 6. The maximum absolute atomic E-state index is 13.0. The molecule has 4 atom stereocenters. The highest BCUT2D eigenvalue weighted by molar-refractivity contribution is 5.99. The number of unbranched alkanes of at least 4 members (excludes halogenated alkanes) is 1. The zero-order valence-corrected chi connectivity index (χ0v) is 19.5. The van der Waals surface area contributed by atoms with Crippen LogP contribution in [0.25, 0.3) is 0 Å². The van der Waals surface area contributed by atoms with Crippen LogP contribution in [0.15, 0.2) is 0 Å². The SMILES string of the molecule is CC(C)[C@@H]1NC(=O)C2(C)CCN2C(=O)CNC(=O)[C@H](CCCCN)NC(=O)[C@H](CO)NC1=O. The lowest BCUT2D eigenvalue weighted by Gasteiger charge is -2.49. The predicted octanol–water partition coefficient (Wildman–Crippen LogP) is -2.66. The molecule has 0 aromatic heterocycles.